The van der Waals surface area contributed by atoms with Crippen LogP contribution in [0.4, 0.5) is 0 Å². The Bertz CT molecular complexity index is 604. The highest BCUT2D eigenvalue weighted by molar-refractivity contribution is 5.04. The van der Waals surface area contributed by atoms with Crippen LogP contribution in [0.15, 0.2) is 15.8 Å². The van der Waals surface area contributed by atoms with Crippen molar-refractivity contribution in [2.24, 2.45) is 0 Å². The topological polar surface area (TPSA) is 93.7 Å². The summed E-state index contributed by atoms with van der Waals surface area (Å²) in [7, 11) is 0. The summed E-state index contributed by atoms with van der Waals surface area (Å²) in [5.74, 6) is 0. The lowest BCUT2D eigenvalue weighted by molar-refractivity contribution is -0.0464. The molecule has 1 aliphatic rings. The Labute approximate surface area is 116 Å². The third kappa shape index (κ3) is 2.44. The summed E-state index contributed by atoms with van der Waals surface area (Å²) in [5.41, 5.74) is -0.353. The van der Waals surface area contributed by atoms with Crippen LogP contribution in [0.1, 0.15) is 38.1 Å². The van der Waals surface area contributed by atoms with Crippen LogP contribution in [0, 0.1) is 6.92 Å². The molecule has 0 spiro atoms. The van der Waals surface area contributed by atoms with Crippen LogP contribution in [-0.2, 0) is 4.74 Å². The molecule has 2 rings (SSSR count). The molecule has 1 saturated heterocycles. The Morgan fingerprint density at radius 3 is 2.60 bits per heavy atom. The standard InChI is InChI=1S/C13H20N2O5/c1-7(2)15-12(18)8(3)5-14(13(15)19)11-4-9(17)10(6-16)20-11/h5,7,9-11,16-17H,4,6H2,1-3H3/t9?,10-,11-/m1/s1. The SMILES string of the molecule is Cc1cn([C@H]2CC(O)[C@@H](CO)O2)c(=O)n(C(C)C)c1=O. The van der Waals surface area contributed by atoms with Gasteiger partial charge < -0.3 is 14.9 Å². The predicted octanol–water partition coefficient (Wildman–Crippen LogP) is -0.460. The lowest BCUT2D eigenvalue weighted by atomic mass is 10.2. The van der Waals surface area contributed by atoms with Gasteiger partial charge in [-0.1, -0.05) is 0 Å². The van der Waals surface area contributed by atoms with Crippen molar-refractivity contribution in [2.75, 3.05) is 6.61 Å². The van der Waals surface area contributed by atoms with Gasteiger partial charge in [0.25, 0.3) is 5.56 Å². The van der Waals surface area contributed by atoms with E-state index in [1.54, 1.807) is 20.8 Å². The first-order valence-electron chi connectivity index (χ1n) is 6.65. The second-order valence-corrected chi connectivity index (χ2v) is 5.39. The van der Waals surface area contributed by atoms with Crippen molar-refractivity contribution in [2.45, 2.75) is 51.7 Å². The van der Waals surface area contributed by atoms with Crippen LogP contribution in [0.2, 0.25) is 0 Å². The van der Waals surface area contributed by atoms with E-state index in [2.05, 4.69) is 0 Å². The molecule has 1 aromatic heterocycles. The van der Waals surface area contributed by atoms with Crippen molar-refractivity contribution in [1.29, 1.82) is 0 Å². The summed E-state index contributed by atoms with van der Waals surface area (Å²) in [6, 6.07) is -0.263. The van der Waals surface area contributed by atoms with Crippen molar-refractivity contribution in [3.05, 3.63) is 32.6 Å². The summed E-state index contributed by atoms with van der Waals surface area (Å²) in [5, 5.41) is 18.8. The third-order valence-corrected chi connectivity index (χ3v) is 3.53. The maximum Gasteiger partial charge on any atom is 0.333 e. The number of aryl methyl sites for hydroxylation is 1. The molecule has 2 heterocycles. The fourth-order valence-corrected chi connectivity index (χ4v) is 2.43. The van der Waals surface area contributed by atoms with E-state index in [1.165, 1.54) is 10.8 Å². The molecule has 1 aliphatic heterocycles. The quantitative estimate of drug-likeness (QED) is 0.783. The molecule has 1 aromatic rings. The first-order valence-corrected chi connectivity index (χ1v) is 6.65. The average Bonchev–Trinajstić information content (AvgIpc) is 2.74. The molecular weight excluding hydrogens is 264 g/mol. The number of aliphatic hydroxyl groups is 2. The summed E-state index contributed by atoms with van der Waals surface area (Å²) >= 11 is 0. The molecule has 3 atom stereocenters. The van der Waals surface area contributed by atoms with E-state index in [4.69, 9.17) is 9.84 Å². The van der Waals surface area contributed by atoms with Gasteiger partial charge in [-0.25, -0.2) is 4.79 Å². The van der Waals surface area contributed by atoms with Crippen LogP contribution in [0.5, 0.6) is 0 Å². The minimum absolute atomic E-state index is 0.209. The monoisotopic (exact) mass is 284 g/mol. The number of nitrogens with zero attached hydrogens (tertiary/aromatic N) is 2. The number of hydrogen-bond donors (Lipinski definition) is 2. The largest absolute Gasteiger partial charge is 0.394 e. The molecule has 1 fully saturated rings. The van der Waals surface area contributed by atoms with E-state index in [0.717, 1.165) is 4.57 Å². The van der Waals surface area contributed by atoms with Crippen LogP contribution in [0.25, 0.3) is 0 Å². The Kier molecular flexibility index (Phi) is 4.12. The van der Waals surface area contributed by atoms with Crippen molar-refractivity contribution >= 4 is 0 Å². The molecule has 2 N–H and O–H groups in total. The molecule has 0 radical (unpaired) electrons. The van der Waals surface area contributed by atoms with Gasteiger partial charge >= 0.3 is 5.69 Å². The first-order chi connectivity index (χ1) is 9.36. The van der Waals surface area contributed by atoms with E-state index >= 15 is 0 Å². The van der Waals surface area contributed by atoms with Crippen LogP contribution >= 0.6 is 0 Å². The molecule has 0 amide bonds. The fraction of sp³-hybridized carbons (Fsp3) is 0.692. The van der Waals surface area contributed by atoms with Crippen LogP contribution in [0.3, 0.4) is 0 Å². The van der Waals surface area contributed by atoms with Gasteiger partial charge in [0, 0.05) is 24.2 Å². The molecule has 20 heavy (non-hydrogen) atoms. The number of rotatable bonds is 3. The molecule has 1 unspecified atom stereocenters. The van der Waals surface area contributed by atoms with E-state index in [-0.39, 0.29) is 24.6 Å². The maximum absolute atomic E-state index is 12.4. The molecule has 0 saturated carbocycles. The predicted molar refractivity (Wildman–Crippen MR) is 71.7 cm³/mol. The smallest absolute Gasteiger partial charge is 0.333 e. The summed E-state index contributed by atoms with van der Waals surface area (Å²) in [4.78, 5) is 24.4. The minimum Gasteiger partial charge on any atom is -0.394 e. The van der Waals surface area contributed by atoms with Crippen molar-refractivity contribution in [3.63, 3.8) is 0 Å². The van der Waals surface area contributed by atoms with Crippen molar-refractivity contribution in [3.8, 4) is 0 Å². The molecular formula is C13H20N2O5. The fourth-order valence-electron chi connectivity index (χ4n) is 2.43. The molecule has 0 bridgehead atoms. The van der Waals surface area contributed by atoms with Gasteiger partial charge in [0.15, 0.2) is 0 Å². The zero-order valence-electron chi connectivity index (χ0n) is 11.8. The maximum atomic E-state index is 12.4. The van der Waals surface area contributed by atoms with Gasteiger partial charge in [-0.3, -0.25) is 13.9 Å². The number of aliphatic hydroxyl groups excluding tert-OH is 2. The van der Waals surface area contributed by atoms with Gasteiger partial charge in [0.2, 0.25) is 0 Å². The minimum atomic E-state index is -0.823. The van der Waals surface area contributed by atoms with Gasteiger partial charge in [-0.05, 0) is 20.8 Å². The van der Waals surface area contributed by atoms with Crippen molar-refractivity contribution < 1.29 is 14.9 Å². The summed E-state index contributed by atoms with van der Waals surface area (Å²) < 4.78 is 7.95. The lowest BCUT2D eigenvalue weighted by Gasteiger charge is -2.18. The Hall–Kier alpha value is -1.44. The van der Waals surface area contributed by atoms with Gasteiger partial charge in [0.05, 0.1) is 12.7 Å². The summed E-state index contributed by atoms with van der Waals surface area (Å²) in [6.07, 6.45) is -0.538. The molecule has 7 nitrogen and oxygen atoms in total. The average molecular weight is 284 g/mol. The highest BCUT2D eigenvalue weighted by Gasteiger charge is 2.35. The molecule has 0 aromatic carbocycles. The number of ether oxygens (including phenoxy) is 1. The van der Waals surface area contributed by atoms with Gasteiger partial charge in [-0.2, -0.15) is 0 Å². The van der Waals surface area contributed by atoms with E-state index in [1.807, 2.05) is 0 Å². The lowest BCUT2D eigenvalue weighted by Crippen LogP contribution is -2.43. The van der Waals surface area contributed by atoms with Gasteiger partial charge in [-0.15, -0.1) is 0 Å². The van der Waals surface area contributed by atoms with Crippen LogP contribution < -0.4 is 11.2 Å². The number of hydrogen-bond acceptors (Lipinski definition) is 5. The second-order valence-electron chi connectivity index (χ2n) is 5.39. The molecule has 112 valence electrons. The highest BCUT2D eigenvalue weighted by atomic mass is 16.5. The van der Waals surface area contributed by atoms with Crippen molar-refractivity contribution in [1.82, 2.24) is 9.13 Å². The zero-order valence-corrected chi connectivity index (χ0v) is 11.8. The molecule has 0 aliphatic carbocycles. The second kappa shape index (κ2) is 5.51. The normalized spacial score (nSPS) is 26.4. The third-order valence-electron chi connectivity index (χ3n) is 3.53. The Morgan fingerprint density at radius 1 is 1.45 bits per heavy atom. The summed E-state index contributed by atoms with van der Waals surface area (Å²) in [6.45, 7) is 4.84. The number of aromatic nitrogens is 2. The van der Waals surface area contributed by atoms with Gasteiger partial charge in [0.1, 0.15) is 12.3 Å². The first kappa shape index (κ1) is 15.0. The Morgan fingerprint density at radius 2 is 2.10 bits per heavy atom. The molecule has 7 heteroatoms. The van der Waals surface area contributed by atoms with E-state index < -0.39 is 24.1 Å². The van der Waals surface area contributed by atoms with E-state index in [9.17, 15) is 14.7 Å². The zero-order chi connectivity index (χ0) is 15.0. The van der Waals surface area contributed by atoms with E-state index in [0.29, 0.717) is 5.56 Å². The highest BCUT2D eigenvalue weighted by Crippen LogP contribution is 2.27. The Balaban J connectivity index is 2.49. The van der Waals surface area contributed by atoms with Crippen LogP contribution in [-0.4, -0.2) is 38.2 Å².